The SMILES string of the molecule is O=c1c2ccncc2ccc2ncc(Cl)cc12. The Balaban J connectivity index is 2.65. The zero-order valence-corrected chi connectivity index (χ0v) is 9.48. The minimum atomic E-state index is -0.0719. The van der Waals surface area contributed by atoms with Crippen LogP contribution in [0.5, 0.6) is 0 Å². The van der Waals surface area contributed by atoms with Crippen molar-refractivity contribution in [2.45, 2.75) is 0 Å². The molecular weight excluding hydrogens is 236 g/mol. The zero-order valence-electron chi connectivity index (χ0n) is 8.72. The fourth-order valence-corrected chi connectivity index (χ4v) is 1.98. The lowest BCUT2D eigenvalue weighted by Crippen LogP contribution is -1.99. The number of halogens is 1. The molecule has 0 saturated heterocycles. The highest BCUT2D eigenvalue weighted by Gasteiger charge is 2.03. The summed E-state index contributed by atoms with van der Waals surface area (Å²) in [6, 6.07) is 6.99. The monoisotopic (exact) mass is 242 g/mol. The number of hydrogen-bond donors (Lipinski definition) is 0. The molecule has 1 aromatic carbocycles. The van der Waals surface area contributed by atoms with Crippen LogP contribution >= 0.6 is 11.6 Å². The summed E-state index contributed by atoms with van der Waals surface area (Å²) in [6.07, 6.45) is 4.80. The van der Waals surface area contributed by atoms with E-state index in [4.69, 9.17) is 11.6 Å². The van der Waals surface area contributed by atoms with Gasteiger partial charge in [0.05, 0.1) is 10.5 Å². The highest BCUT2D eigenvalue weighted by molar-refractivity contribution is 6.31. The predicted molar refractivity (Wildman–Crippen MR) is 68.3 cm³/mol. The van der Waals surface area contributed by atoms with Gasteiger partial charge in [-0.25, -0.2) is 0 Å². The number of aromatic nitrogens is 2. The lowest BCUT2D eigenvalue weighted by atomic mass is 10.2. The van der Waals surface area contributed by atoms with Crippen molar-refractivity contribution in [3.05, 3.63) is 58.1 Å². The van der Waals surface area contributed by atoms with Crippen LogP contribution in [0.3, 0.4) is 0 Å². The highest BCUT2D eigenvalue weighted by Crippen LogP contribution is 2.16. The first-order chi connectivity index (χ1) is 8.25. The third-order valence-corrected chi connectivity index (χ3v) is 2.85. The lowest BCUT2D eigenvalue weighted by Gasteiger charge is -1.92. The summed E-state index contributed by atoms with van der Waals surface area (Å²) in [6.45, 7) is 0. The molecule has 2 heterocycles. The van der Waals surface area contributed by atoms with Gasteiger partial charge in [0.2, 0.25) is 0 Å². The van der Waals surface area contributed by atoms with E-state index in [1.807, 2.05) is 6.07 Å². The summed E-state index contributed by atoms with van der Waals surface area (Å²) >= 11 is 5.87. The fraction of sp³-hybridized carbons (Fsp3) is 0. The Morgan fingerprint density at radius 1 is 1.06 bits per heavy atom. The Morgan fingerprint density at radius 3 is 2.82 bits per heavy atom. The summed E-state index contributed by atoms with van der Waals surface area (Å²) in [5.74, 6) is 0. The van der Waals surface area contributed by atoms with Gasteiger partial charge >= 0.3 is 0 Å². The first-order valence-electron chi connectivity index (χ1n) is 5.08. The van der Waals surface area contributed by atoms with Gasteiger partial charge in [0, 0.05) is 34.7 Å². The first-order valence-corrected chi connectivity index (χ1v) is 5.46. The van der Waals surface area contributed by atoms with E-state index in [-0.39, 0.29) is 5.43 Å². The molecule has 82 valence electrons. The number of fused-ring (bicyclic) bond motifs is 2. The zero-order chi connectivity index (χ0) is 11.8. The van der Waals surface area contributed by atoms with Crippen molar-refractivity contribution < 1.29 is 0 Å². The summed E-state index contributed by atoms with van der Waals surface area (Å²) in [5.41, 5.74) is 0.563. The van der Waals surface area contributed by atoms with E-state index >= 15 is 0 Å². The van der Waals surface area contributed by atoms with Gasteiger partial charge < -0.3 is 0 Å². The number of rotatable bonds is 0. The maximum atomic E-state index is 12.3. The van der Waals surface area contributed by atoms with Gasteiger partial charge in [-0.15, -0.1) is 0 Å². The van der Waals surface area contributed by atoms with E-state index < -0.39 is 0 Å². The second kappa shape index (κ2) is 3.79. The van der Waals surface area contributed by atoms with Crippen molar-refractivity contribution in [3.8, 4) is 0 Å². The van der Waals surface area contributed by atoms with Crippen LogP contribution in [0.1, 0.15) is 0 Å². The quantitative estimate of drug-likeness (QED) is 0.609. The summed E-state index contributed by atoms with van der Waals surface area (Å²) in [4.78, 5) is 20.5. The van der Waals surface area contributed by atoms with Crippen molar-refractivity contribution in [1.29, 1.82) is 0 Å². The molecule has 0 radical (unpaired) electrons. The van der Waals surface area contributed by atoms with Crippen LogP contribution in [0.15, 0.2) is 47.7 Å². The highest BCUT2D eigenvalue weighted by atomic mass is 35.5. The van der Waals surface area contributed by atoms with Gasteiger partial charge in [0.1, 0.15) is 0 Å². The van der Waals surface area contributed by atoms with E-state index in [9.17, 15) is 4.79 Å². The van der Waals surface area contributed by atoms with E-state index in [0.29, 0.717) is 21.3 Å². The van der Waals surface area contributed by atoms with E-state index in [1.54, 1.807) is 30.6 Å². The van der Waals surface area contributed by atoms with Gasteiger partial charge in [-0.3, -0.25) is 14.8 Å². The third kappa shape index (κ3) is 1.65. The minimum Gasteiger partial charge on any atom is -0.289 e. The van der Waals surface area contributed by atoms with E-state index in [0.717, 1.165) is 5.39 Å². The molecular formula is C13H7ClN2O. The maximum absolute atomic E-state index is 12.3. The predicted octanol–water partition coefficient (Wildman–Crippen LogP) is 2.80. The Hall–Kier alpha value is -2.00. The van der Waals surface area contributed by atoms with Crippen LogP contribution in [0.4, 0.5) is 0 Å². The Morgan fingerprint density at radius 2 is 1.94 bits per heavy atom. The molecule has 3 nitrogen and oxygen atoms in total. The van der Waals surface area contributed by atoms with Crippen molar-refractivity contribution in [2.24, 2.45) is 0 Å². The Bertz CT molecular complexity index is 786. The van der Waals surface area contributed by atoms with E-state index in [1.165, 1.54) is 6.20 Å². The maximum Gasteiger partial charge on any atom is 0.195 e. The molecule has 0 N–H and O–H groups in total. The number of pyridine rings is 2. The smallest absolute Gasteiger partial charge is 0.195 e. The fourth-order valence-electron chi connectivity index (χ4n) is 1.82. The molecule has 2 aromatic heterocycles. The molecule has 0 bridgehead atoms. The molecule has 0 saturated carbocycles. The molecule has 0 aliphatic heterocycles. The molecule has 0 aliphatic carbocycles. The van der Waals surface area contributed by atoms with Crippen LogP contribution < -0.4 is 5.43 Å². The average molecular weight is 243 g/mol. The summed E-state index contributed by atoms with van der Waals surface area (Å²) in [5, 5.41) is 2.41. The molecule has 0 unspecified atom stereocenters. The molecule has 0 aliphatic rings. The van der Waals surface area contributed by atoms with Gasteiger partial charge in [-0.2, -0.15) is 0 Å². The topological polar surface area (TPSA) is 42.9 Å². The normalized spacial score (nSPS) is 10.9. The summed E-state index contributed by atoms with van der Waals surface area (Å²) < 4.78 is 0. The second-order valence-corrected chi connectivity index (χ2v) is 4.15. The van der Waals surface area contributed by atoms with Crippen LogP contribution in [-0.2, 0) is 0 Å². The molecule has 0 fully saturated rings. The van der Waals surface area contributed by atoms with Crippen LogP contribution in [0.2, 0.25) is 5.02 Å². The van der Waals surface area contributed by atoms with Crippen LogP contribution in [0.25, 0.3) is 21.7 Å². The molecule has 17 heavy (non-hydrogen) atoms. The second-order valence-electron chi connectivity index (χ2n) is 3.71. The summed E-state index contributed by atoms with van der Waals surface area (Å²) in [7, 11) is 0. The molecule has 0 spiro atoms. The van der Waals surface area contributed by atoms with Gasteiger partial charge in [-0.1, -0.05) is 17.7 Å². The van der Waals surface area contributed by atoms with Gasteiger partial charge in [0.25, 0.3) is 0 Å². The number of nitrogens with zero attached hydrogens (tertiary/aromatic N) is 2. The van der Waals surface area contributed by atoms with Crippen molar-refractivity contribution >= 4 is 33.3 Å². The van der Waals surface area contributed by atoms with Crippen molar-refractivity contribution in [1.82, 2.24) is 9.97 Å². The van der Waals surface area contributed by atoms with Crippen LogP contribution in [0, 0.1) is 0 Å². The number of hydrogen-bond acceptors (Lipinski definition) is 3. The van der Waals surface area contributed by atoms with Crippen molar-refractivity contribution in [2.75, 3.05) is 0 Å². The first kappa shape index (κ1) is 10.2. The Labute approximate surface area is 102 Å². The van der Waals surface area contributed by atoms with Crippen LogP contribution in [-0.4, -0.2) is 9.97 Å². The lowest BCUT2D eigenvalue weighted by molar-refractivity contribution is 1.36. The van der Waals surface area contributed by atoms with Gasteiger partial charge in [0.15, 0.2) is 5.43 Å². The van der Waals surface area contributed by atoms with E-state index in [2.05, 4.69) is 9.97 Å². The molecule has 4 heteroatoms. The molecule has 0 amide bonds. The molecule has 3 rings (SSSR count). The Kier molecular flexibility index (Phi) is 2.27. The minimum absolute atomic E-state index is 0.0719. The molecule has 0 atom stereocenters. The average Bonchev–Trinajstić information content (AvgIpc) is 2.49. The van der Waals surface area contributed by atoms with Crippen molar-refractivity contribution in [3.63, 3.8) is 0 Å². The largest absolute Gasteiger partial charge is 0.289 e. The standard InChI is InChI=1S/C13H7ClN2O/c14-9-5-11-12(16-7-9)2-1-8-6-15-4-3-10(8)13(11)17/h1-7H. The third-order valence-electron chi connectivity index (χ3n) is 2.65. The van der Waals surface area contributed by atoms with Gasteiger partial charge in [-0.05, 0) is 18.2 Å². The molecule has 3 aromatic rings.